The van der Waals surface area contributed by atoms with Crippen LogP contribution in [0.2, 0.25) is 0 Å². The van der Waals surface area contributed by atoms with Crippen molar-refractivity contribution in [1.29, 1.82) is 0 Å². The number of methoxy groups -OCH3 is 1. The molecule has 1 atom stereocenters. The number of alkyl halides is 6. The van der Waals surface area contributed by atoms with Gasteiger partial charge in [-0.05, 0) is 23.8 Å². The van der Waals surface area contributed by atoms with Gasteiger partial charge >= 0.3 is 18.3 Å². The predicted octanol–water partition coefficient (Wildman–Crippen LogP) is 4.15. The summed E-state index contributed by atoms with van der Waals surface area (Å²) in [6.45, 7) is 0. The van der Waals surface area contributed by atoms with E-state index in [0.29, 0.717) is 5.56 Å². The minimum absolute atomic E-state index is 0.133. The van der Waals surface area contributed by atoms with Gasteiger partial charge in [-0.25, -0.2) is 4.79 Å². The number of amides is 1. The SMILES string of the molecule is COC(=O)[C@@H](Cc1ccc([N+](=O)[O-])cc1)NC(=O)c1cc(C(F)(F)F)cc(C(F)(F)F)c1. The van der Waals surface area contributed by atoms with Crippen LogP contribution in [0.25, 0.3) is 0 Å². The van der Waals surface area contributed by atoms with Crippen molar-refractivity contribution >= 4 is 17.6 Å². The molecular weight excluding hydrogens is 450 g/mol. The Kier molecular flexibility index (Phi) is 7.11. The first kappa shape index (κ1) is 24.6. The van der Waals surface area contributed by atoms with Gasteiger partial charge in [-0.2, -0.15) is 26.3 Å². The van der Waals surface area contributed by atoms with Crippen LogP contribution in [0.5, 0.6) is 0 Å². The van der Waals surface area contributed by atoms with E-state index < -0.39 is 51.9 Å². The van der Waals surface area contributed by atoms with E-state index in [-0.39, 0.29) is 30.3 Å². The summed E-state index contributed by atoms with van der Waals surface area (Å²) in [5.41, 5.74) is -4.29. The Bertz CT molecular complexity index is 986. The molecule has 13 heteroatoms. The summed E-state index contributed by atoms with van der Waals surface area (Å²) in [7, 11) is 0.962. The van der Waals surface area contributed by atoms with E-state index >= 15 is 0 Å². The lowest BCUT2D eigenvalue weighted by atomic mass is 10.0. The fourth-order valence-corrected chi connectivity index (χ4v) is 2.65. The smallest absolute Gasteiger partial charge is 0.416 e. The standard InChI is InChI=1S/C19H14F6N2O5/c1-32-17(29)15(6-10-2-4-14(5-3-10)27(30)31)26-16(28)11-7-12(18(20,21)22)9-13(8-11)19(23,24)25/h2-5,7-9,15H,6H2,1H3,(H,26,28)/t15-/m1/s1. The number of benzene rings is 2. The summed E-state index contributed by atoms with van der Waals surface area (Å²) in [5, 5.41) is 12.7. The van der Waals surface area contributed by atoms with Crippen molar-refractivity contribution in [3.63, 3.8) is 0 Å². The average Bonchev–Trinajstić information content (AvgIpc) is 2.71. The van der Waals surface area contributed by atoms with Crippen molar-refractivity contribution in [1.82, 2.24) is 5.32 Å². The fraction of sp³-hybridized carbons (Fsp3) is 0.263. The van der Waals surface area contributed by atoms with Gasteiger partial charge in [0.2, 0.25) is 0 Å². The van der Waals surface area contributed by atoms with E-state index in [1.54, 1.807) is 0 Å². The Morgan fingerprint density at radius 1 is 1.00 bits per heavy atom. The molecule has 1 amide bonds. The minimum Gasteiger partial charge on any atom is -0.467 e. The van der Waals surface area contributed by atoms with Crippen molar-refractivity contribution in [3.05, 3.63) is 74.8 Å². The van der Waals surface area contributed by atoms with Crippen LogP contribution in [-0.4, -0.2) is 30.0 Å². The third-order valence-corrected chi connectivity index (χ3v) is 4.23. The van der Waals surface area contributed by atoms with Gasteiger partial charge in [0.05, 0.1) is 23.2 Å². The molecule has 0 bridgehead atoms. The molecular formula is C19H14F6N2O5. The van der Waals surface area contributed by atoms with E-state index in [4.69, 9.17) is 0 Å². The molecule has 1 N–H and O–H groups in total. The average molecular weight is 464 g/mol. The van der Waals surface area contributed by atoms with E-state index in [9.17, 15) is 46.0 Å². The zero-order valence-corrected chi connectivity index (χ0v) is 16.1. The number of nitro groups is 1. The molecule has 0 aromatic heterocycles. The summed E-state index contributed by atoms with van der Waals surface area (Å²) in [6, 6.07) is 3.61. The molecule has 32 heavy (non-hydrogen) atoms. The highest BCUT2D eigenvalue weighted by Crippen LogP contribution is 2.36. The monoisotopic (exact) mass is 464 g/mol. The maximum absolute atomic E-state index is 13.0. The number of esters is 1. The highest BCUT2D eigenvalue weighted by atomic mass is 19.4. The first-order chi connectivity index (χ1) is 14.7. The van der Waals surface area contributed by atoms with Crippen LogP contribution in [0.3, 0.4) is 0 Å². The van der Waals surface area contributed by atoms with Crippen LogP contribution in [-0.2, 0) is 28.3 Å². The lowest BCUT2D eigenvalue weighted by Gasteiger charge is -2.18. The quantitative estimate of drug-likeness (QED) is 0.300. The van der Waals surface area contributed by atoms with Crippen molar-refractivity contribution < 1.29 is 45.6 Å². The summed E-state index contributed by atoms with van der Waals surface area (Å²) < 4.78 is 82.5. The largest absolute Gasteiger partial charge is 0.467 e. The number of nitrogens with one attached hydrogen (secondary N) is 1. The molecule has 2 rings (SSSR count). The molecule has 0 aliphatic heterocycles. The summed E-state index contributed by atoms with van der Waals surface area (Å²) in [4.78, 5) is 34.5. The first-order valence-electron chi connectivity index (χ1n) is 8.64. The number of rotatable bonds is 6. The van der Waals surface area contributed by atoms with Crippen LogP contribution in [0.15, 0.2) is 42.5 Å². The number of non-ortho nitro benzene ring substituents is 1. The second-order valence-corrected chi connectivity index (χ2v) is 6.47. The van der Waals surface area contributed by atoms with Crippen LogP contribution < -0.4 is 5.32 Å². The molecule has 2 aromatic rings. The van der Waals surface area contributed by atoms with Gasteiger partial charge in [0, 0.05) is 24.1 Å². The van der Waals surface area contributed by atoms with Crippen LogP contribution >= 0.6 is 0 Å². The molecule has 0 unspecified atom stereocenters. The van der Waals surface area contributed by atoms with Gasteiger partial charge in [0.25, 0.3) is 11.6 Å². The van der Waals surface area contributed by atoms with Gasteiger partial charge in [-0.15, -0.1) is 0 Å². The Morgan fingerprint density at radius 3 is 1.91 bits per heavy atom. The molecule has 0 saturated carbocycles. The summed E-state index contributed by atoms with van der Waals surface area (Å²) in [6.07, 6.45) is -10.6. The van der Waals surface area contributed by atoms with E-state index in [2.05, 4.69) is 4.74 Å². The van der Waals surface area contributed by atoms with Gasteiger partial charge < -0.3 is 10.1 Å². The predicted molar refractivity (Wildman–Crippen MR) is 96.5 cm³/mol. The number of nitro benzene ring substituents is 1. The summed E-state index contributed by atoms with van der Waals surface area (Å²) in [5.74, 6) is -2.40. The van der Waals surface area contributed by atoms with Crippen molar-refractivity contribution in [2.45, 2.75) is 24.8 Å². The number of halogens is 6. The fourth-order valence-electron chi connectivity index (χ4n) is 2.65. The van der Waals surface area contributed by atoms with Crippen molar-refractivity contribution in [2.24, 2.45) is 0 Å². The molecule has 0 aliphatic carbocycles. The normalized spacial score (nSPS) is 12.7. The van der Waals surface area contributed by atoms with Crippen LogP contribution in [0.4, 0.5) is 32.0 Å². The Balaban J connectivity index is 2.35. The third-order valence-electron chi connectivity index (χ3n) is 4.23. The second kappa shape index (κ2) is 9.24. The molecule has 0 saturated heterocycles. The van der Waals surface area contributed by atoms with Crippen LogP contribution in [0, 0.1) is 10.1 Å². The van der Waals surface area contributed by atoms with Crippen molar-refractivity contribution in [3.8, 4) is 0 Å². The minimum atomic E-state index is -5.16. The van der Waals surface area contributed by atoms with Gasteiger partial charge in [0.15, 0.2) is 0 Å². The van der Waals surface area contributed by atoms with E-state index in [0.717, 1.165) is 19.2 Å². The lowest BCUT2D eigenvalue weighted by Crippen LogP contribution is -2.43. The summed E-state index contributed by atoms with van der Waals surface area (Å²) >= 11 is 0. The molecule has 2 aromatic carbocycles. The molecule has 7 nitrogen and oxygen atoms in total. The maximum atomic E-state index is 13.0. The number of nitrogens with zero attached hydrogens (tertiary/aromatic N) is 1. The number of carbonyl (C=O) groups excluding carboxylic acids is 2. The third kappa shape index (κ3) is 6.18. The van der Waals surface area contributed by atoms with Gasteiger partial charge in [0.1, 0.15) is 6.04 Å². The Hall–Kier alpha value is -3.64. The number of ether oxygens (including phenoxy) is 1. The molecule has 0 aliphatic rings. The second-order valence-electron chi connectivity index (χ2n) is 6.47. The van der Waals surface area contributed by atoms with E-state index in [1.807, 2.05) is 5.32 Å². The Labute approximate surface area is 176 Å². The number of hydrogen-bond donors (Lipinski definition) is 1. The molecule has 0 radical (unpaired) electrons. The van der Waals surface area contributed by atoms with Gasteiger partial charge in [-0.3, -0.25) is 14.9 Å². The first-order valence-corrected chi connectivity index (χ1v) is 8.64. The molecule has 0 fully saturated rings. The van der Waals surface area contributed by atoms with Gasteiger partial charge in [-0.1, -0.05) is 12.1 Å². The zero-order valence-electron chi connectivity index (χ0n) is 16.1. The Morgan fingerprint density at radius 2 is 1.50 bits per heavy atom. The highest BCUT2D eigenvalue weighted by Gasteiger charge is 2.38. The number of hydrogen-bond acceptors (Lipinski definition) is 5. The topological polar surface area (TPSA) is 98.5 Å². The molecule has 0 spiro atoms. The molecule has 172 valence electrons. The van der Waals surface area contributed by atoms with E-state index in [1.165, 1.54) is 12.1 Å². The van der Waals surface area contributed by atoms with Crippen molar-refractivity contribution in [2.75, 3.05) is 7.11 Å². The highest BCUT2D eigenvalue weighted by molar-refractivity contribution is 5.97. The maximum Gasteiger partial charge on any atom is 0.416 e. The number of carbonyl (C=O) groups is 2. The lowest BCUT2D eigenvalue weighted by molar-refractivity contribution is -0.384. The van der Waals surface area contributed by atoms with Crippen LogP contribution in [0.1, 0.15) is 27.0 Å². The zero-order chi connectivity index (χ0) is 24.3. The molecule has 0 heterocycles.